The van der Waals surface area contributed by atoms with Crippen molar-refractivity contribution in [3.8, 4) is 5.75 Å². The molecule has 0 saturated heterocycles. The van der Waals surface area contributed by atoms with Crippen LogP contribution in [0.4, 0.5) is 0 Å². The Morgan fingerprint density at radius 2 is 2.30 bits per heavy atom. The van der Waals surface area contributed by atoms with Crippen molar-refractivity contribution in [1.29, 1.82) is 0 Å². The van der Waals surface area contributed by atoms with Gasteiger partial charge in [-0.05, 0) is 24.6 Å². The molecule has 1 N–H and O–H groups in total. The lowest BCUT2D eigenvalue weighted by atomic mass is 10.1. The van der Waals surface area contributed by atoms with Crippen molar-refractivity contribution in [2.24, 2.45) is 0 Å². The third-order valence-electron chi connectivity index (χ3n) is 3.94. The highest BCUT2D eigenvalue weighted by Gasteiger charge is 2.25. The van der Waals surface area contributed by atoms with E-state index >= 15 is 0 Å². The van der Waals surface area contributed by atoms with E-state index in [4.69, 9.17) is 9.47 Å². The van der Waals surface area contributed by atoms with E-state index in [0.29, 0.717) is 25.4 Å². The summed E-state index contributed by atoms with van der Waals surface area (Å²) in [5.41, 5.74) is 3.58. The SMILES string of the molecule is CCOC(=O)c1nn(Cc2cccc(OC)c2)c2c1CNCC2. The number of nitrogens with one attached hydrogen (secondary N) is 1. The fourth-order valence-electron chi connectivity index (χ4n) is 2.86. The first-order valence-corrected chi connectivity index (χ1v) is 7.82. The summed E-state index contributed by atoms with van der Waals surface area (Å²) in [6.45, 7) is 4.30. The predicted octanol–water partition coefficient (Wildman–Crippen LogP) is 1.76. The highest BCUT2D eigenvalue weighted by Crippen LogP contribution is 2.21. The molecule has 6 nitrogen and oxygen atoms in total. The standard InChI is InChI=1S/C17H21N3O3/c1-3-23-17(21)16-14-10-18-8-7-15(14)20(19-16)11-12-5-4-6-13(9-12)22-2/h4-6,9,18H,3,7-8,10-11H2,1-2H3. The van der Waals surface area contributed by atoms with Crippen LogP contribution in [-0.2, 0) is 24.2 Å². The summed E-state index contributed by atoms with van der Waals surface area (Å²) < 4.78 is 12.3. The Balaban J connectivity index is 1.93. The van der Waals surface area contributed by atoms with E-state index in [1.807, 2.05) is 28.9 Å². The molecule has 6 heteroatoms. The van der Waals surface area contributed by atoms with Crippen molar-refractivity contribution in [1.82, 2.24) is 15.1 Å². The van der Waals surface area contributed by atoms with Crippen molar-refractivity contribution in [3.05, 3.63) is 46.8 Å². The Kier molecular flexibility index (Phi) is 4.62. The van der Waals surface area contributed by atoms with Crippen molar-refractivity contribution in [3.63, 3.8) is 0 Å². The monoisotopic (exact) mass is 315 g/mol. The number of rotatable bonds is 5. The summed E-state index contributed by atoms with van der Waals surface area (Å²) in [5.74, 6) is 0.465. The van der Waals surface area contributed by atoms with Gasteiger partial charge in [0.1, 0.15) is 5.75 Å². The zero-order chi connectivity index (χ0) is 16.2. The number of nitrogens with zero attached hydrogens (tertiary/aromatic N) is 2. The second-order valence-electron chi connectivity index (χ2n) is 5.43. The van der Waals surface area contributed by atoms with Gasteiger partial charge in [0.25, 0.3) is 0 Å². The van der Waals surface area contributed by atoms with E-state index in [9.17, 15) is 4.79 Å². The molecule has 1 aliphatic rings. The number of hydrogen-bond donors (Lipinski definition) is 1. The van der Waals surface area contributed by atoms with Gasteiger partial charge in [-0.15, -0.1) is 0 Å². The number of benzene rings is 1. The van der Waals surface area contributed by atoms with Gasteiger partial charge in [-0.25, -0.2) is 4.79 Å². The topological polar surface area (TPSA) is 65.4 Å². The highest BCUT2D eigenvalue weighted by atomic mass is 16.5. The largest absolute Gasteiger partial charge is 0.497 e. The summed E-state index contributed by atoms with van der Waals surface area (Å²) in [5, 5.41) is 7.82. The van der Waals surface area contributed by atoms with Crippen molar-refractivity contribution in [2.45, 2.75) is 26.4 Å². The molecule has 0 saturated carbocycles. The number of esters is 1. The van der Waals surface area contributed by atoms with Crippen LogP contribution in [0.3, 0.4) is 0 Å². The average molecular weight is 315 g/mol. The Bertz CT molecular complexity index is 709. The van der Waals surface area contributed by atoms with E-state index in [-0.39, 0.29) is 5.97 Å². The van der Waals surface area contributed by atoms with E-state index in [2.05, 4.69) is 10.4 Å². The summed E-state index contributed by atoms with van der Waals surface area (Å²) in [6.07, 6.45) is 0.853. The van der Waals surface area contributed by atoms with E-state index < -0.39 is 0 Å². The molecule has 3 rings (SSSR count). The van der Waals surface area contributed by atoms with Crippen LogP contribution in [0.2, 0.25) is 0 Å². The Hall–Kier alpha value is -2.34. The van der Waals surface area contributed by atoms with E-state index in [1.54, 1.807) is 14.0 Å². The normalized spacial score (nSPS) is 13.5. The highest BCUT2D eigenvalue weighted by molar-refractivity contribution is 5.89. The van der Waals surface area contributed by atoms with Crippen LogP contribution in [-0.4, -0.2) is 36.0 Å². The first-order chi connectivity index (χ1) is 11.2. The van der Waals surface area contributed by atoms with Gasteiger partial charge in [0.2, 0.25) is 0 Å². The first-order valence-electron chi connectivity index (χ1n) is 7.82. The number of hydrogen-bond acceptors (Lipinski definition) is 5. The minimum Gasteiger partial charge on any atom is -0.497 e. The number of methoxy groups -OCH3 is 1. The first kappa shape index (κ1) is 15.6. The number of aromatic nitrogens is 2. The number of fused-ring (bicyclic) bond motifs is 1. The quantitative estimate of drug-likeness (QED) is 0.852. The molecule has 0 amide bonds. The molecule has 0 bridgehead atoms. The van der Waals surface area contributed by atoms with Crippen molar-refractivity contribution in [2.75, 3.05) is 20.3 Å². The molecule has 0 aliphatic carbocycles. The average Bonchev–Trinajstić information content (AvgIpc) is 2.94. The summed E-state index contributed by atoms with van der Waals surface area (Å²) in [6, 6.07) is 7.88. The zero-order valence-electron chi connectivity index (χ0n) is 13.5. The smallest absolute Gasteiger partial charge is 0.359 e. The van der Waals surface area contributed by atoms with Crippen LogP contribution in [0.5, 0.6) is 5.75 Å². The molecule has 1 aromatic heterocycles. The van der Waals surface area contributed by atoms with E-state index in [0.717, 1.165) is 35.5 Å². The van der Waals surface area contributed by atoms with Crippen LogP contribution in [0, 0.1) is 0 Å². The van der Waals surface area contributed by atoms with Gasteiger partial charge in [0.15, 0.2) is 5.69 Å². The van der Waals surface area contributed by atoms with Gasteiger partial charge < -0.3 is 14.8 Å². The van der Waals surface area contributed by atoms with Crippen LogP contribution < -0.4 is 10.1 Å². The maximum Gasteiger partial charge on any atom is 0.359 e. The molecular formula is C17H21N3O3. The Morgan fingerprint density at radius 3 is 3.09 bits per heavy atom. The predicted molar refractivity (Wildman–Crippen MR) is 85.7 cm³/mol. The lowest BCUT2D eigenvalue weighted by Gasteiger charge is -2.15. The molecule has 0 fully saturated rings. The maximum absolute atomic E-state index is 12.1. The fraction of sp³-hybridized carbons (Fsp3) is 0.412. The van der Waals surface area contributed by atoms with E-state index in [1.165, 1.54) is 0 Å². The second kappa shape index (κ2) is 6.83. The van der Waals surface area contributed by atoms with Crippen molar-refractivity contribution >= 4 is 5.97 Å². The minimum absolute atomic E-state index is 0.350. The van der Waals surface area contributed by atoms with Gasteiger partial charge in [0, 0.05) is 30.8 Å². The number of ether oxygens (including phenoxy) is 2. The van der Waals surface area contributed by atoms with Gasteiger partial charge in [-0.3, -0.25) is 4.68 Å². The van der Waals surface area contributed by atoms with Crippen LogP contribution >= 0.6 is 0 Å². The molecule has 0 unspecified atom stereocenters. The molecule has 2 heterocycles. The number of carbonyl (C=O) groups is 1. The molecule has 0 radical (unpaired) electrons. The molecule has 0 atom stereocenters. The summed E-state index contributed by atoms with van der Waals surface area (Å²) in [7, 11) is 1.65. The van der Waals surface area contributed by atoms with Gasteiger partial charge >= 0.3 is 5.97 Å². The minimum atomic E-state index is -0.350. The zero-order valence-corrected chi connectivity index (χ0v) is 13.5. The lowest BCUT2D eigenvalue weighted by molar-refractivity contribution is 0.0517. The molecule has 122 valence electrons. The van der Waals surface area contributed by atoms with Crippen molar-refractivity contribution < 1.29 is 14.3 Å². The summed E-state index contributed by atoms with van der Waals surface area (Å²) in [4.78, 5) is 12.1. The molecule has 0 spiro atoms. The number of carbonyl (C=O) groups excluding carboxylic acids is 1. The van der Waals surface area contributed by atoms with Crippen LogP contribution in [0.25, 0.3) is 0 Å². The maximum atomic E-state index is 12.1. The molecular weight excluding hydrogens is 294 g/mol. The molecule has 1 aromatic carbocycles. The second-order valence-corrected chi connectivity index (χ2v) is 5.43. The molecule has 1 aliphatic heterocycles. The lowest BCUT2D eigenvalue weighted by Crippen LogP contribution is -2.25. The Labute approximate surface area is 135 Å². The van der Waals surface area contributed by atoms with Crippen LogP contribution in [0.1, 0.15) is 34.2 Å². The van der Waals surface area contributed by atoms with Gasteiger partial charge in [-0.2, -0.15) is 5.10 Å². The fourth-order valence-corrected chi connectivity index (χ4v) is 2.86. The Morgan fingerprint density at radius 1 is 1.43 bits per heavy atom. The van der Waals surface area contributed by atoms with Gasteiger partial charge in [0.05, 0.1) is 20.3 Å². The van der Waals surface area contributed by atoms with Gasteiger partial charge in [-0.1, -0.05) is 12.1 Å². The molecule has 2 aromatic rings. The van der Waals surface area contributed by atoms with Crippen LogP contribution in [0.15, 0.2) is 24.3 Å². The third kappa shape index (κ3) is 3.22. The third-order valence-corrected chi connectivity index (χ3v) is 3.94. The molecule has 23 heavy (non-hydrogen) atoms. The summed E-state index contributed by atoms with van der Waals surface area (Å²) >= 11 is 0.